The molecule has 0 saturated carbocycles. The number of piperidine rings is 1. The van der Waals surface area contributed by atoms with E-state index in [1.54, 1.807) is 6.07 Å². The van der Waals surface area contributed by atoms with E-state index in [-0.39, 0.29) is 10.8 Å². The van der Waals surface area contributed by atoms with Gasteiger partial charge >= 0.3 is 0 Å². The van der Waals surface area contributed by atoms with Gasteiger partial charge in [0.2, 0.25) is 0 Å². The van der Waals surface area contributed by atoms with E-state index < -0.39 is 0 Å². The number of fused-ring (bicyclic) bond motifs is 2. The second kappa shape index (κ2) is 7.59. The van der Waals surface area contributed by atoms with Crippen molar-refractivity contribution in [2.75, 3.05) is 19.6 Å². The number of nitrogens with zero attached hydrogens (tertiary/aromatic N) is 1. The summed E-state index contributed by atoms with van der Waals surface area (Å²) in [7, 11) is 0. The summed E-state index contributed by atoms with van der Waals surface area (Å²) in [5.74, 6) is 0.384. The van der Waals surface area contributed by atoms with Gasteiger partial charge in [-0.15, -0.1) is 0 Å². The zero-order chi connectivity index (χ0) is 20.6. The molecule has 1 aliphatic carbocycles. The average Bonchev–Trinajstić information content (AvgIpc) is 2.76. The molecule has 2 aliphatic rings. The van der Waals surface area contributed by atoms with Crippen LogP contribution in [0.1, 0.15) is 35.6 Å². The average molecular weight is 398 g/mol. The van der Waals surface area contributed by atoms with Gasteiger partial charge in [-0.05, 0) is 72.0 Å². The van der Waals surface area contributed by atoms with Crippen molar-refractivity contribution < 1.29 is 5.11 Å². The van der Waals surface area contributed by atoms with Crippen molar-refractivity contribution in [3.63, 3.8) is 0 Å². The summed E-state index contributed by atoms with van der Waals surface area (Å²) >= 11 is 0. The summed E-state index contributed by atoms with van der Waals surface area (Å²) in [5.41, 5.74) is 5.92. The molecule has 0 radical (unpaired) electrons. The third kappa shape index (κ3) is 3.33. The molecular formula is C28H31NO. The smallest absolute Gasteiger partial charge is 0.115 e. The maximum absolute atomic E-state index is 10.3. The molecule has 5 rings (SSSR count). The Hall–Kier alpha value is -2.58. The van der Waals surface area contributed by atoms with Gasteiger partial charge in [0.25, 0.3) is 0 Å². The fraction of sp³-hybridized carbons (Fsp3) is 0.357. The molecule has 2 heteroatoms. The van der Waals surface area contributed by atoms with Crippen LogP contribution in [-0.2, 0) is 24.7 Å². The summed E-state index contributed by atoms with van der Waals surface area (Å²) in [6.45, 7) is 5.81. The van der Waals surface area contributed by atoms with Crippen LogP contribution in [0.4, 0.5) is 0 Å². The number of phenolic OH excluding ortho intramolecular Hbond substituents is 1. The van der Waals surface area contributed by atoms with Gasteiger partial charge in [-0.2, -0.15) is 0 Å². The molecule has 3 aromatic rings. The maximum Gasteiger partial charge on any atom is 0.115 e. The van der Waals surface area contributed by atoms with Crippen LogP contribution in [0.3, 0.4) is 0 Å². The van der Waals surface area contributed by atoms with E-state index in [1.807, 2.05) is 12.1 Å². The van der Waals surface area contributed by atoms with Crippen molar-refractivity contribution in [1.82, 2.24) is 4.90 Å². The Kier molecular flexibility index (Phi) is 4.91. The predicted octanol–water partition coefficient (Wildman–Crippen LogP) is 5.38. The van der Waals surface area contributed by atoms with Crippen LogP contribution in [0.2, 0.25) is 0 Å². The molecule has 2 nitrogen and oxygen atoms in total. The summed E-state index contributed by atoms with van der Waals surface area (Å²) in [5, 5.41) is 10.3. The van der Waals surface area contributed by atoms with Crippen LogP contribution in [0.5, 0.6) is 5.75 Å². The van der Waals surface area contributed by atoms with Gasteiger partial charge in [0.1, 0.15) is 5.75 Å². The van der Waals surface area contributed by atoms with Crippen LogP contribution >= 0.6 is 0 Å². The predicted molar refractivity (Wildman–Crippen MR) is 123 cm³/mol. The summed E-state index contributed by atoms with van der Waals surface area (Å²) < 4.78 is 0. The van der Waals surface area contributed by atoms with E-state index in [9.17, 15) is 5.11 Å². The molecule has 0 aromatic heterocycles. The number of likely N-dealkylation sites (tertiary alicyclic amines) is 1. The quantitative estimate of drug-likeness (QED) is 0.639. The molecule has 0 spiro atoms. The van der Waals surface area contributed by atoms with Gasteiger partial charge in [-0.3, -0.25) is 0 Å². The van der Waals surface area contributed by atoms with Gasteiger partial charge < -0.3 is 10.0 Å². The Morgan fingerprint density at radius 3 is 2.37 bits per heavy atom. The Balaban J connectivity index is 1.47. The fourth-order valence-electron chi connectivity index (χ4n) is 6.07. The highest BCUT2D eigenvalue weighted by atomic mass is 16.3. The summed E-state index contributed by atoms with van der Waals surface area (Å²) in [4.78, 5) is 2.67. The van der Waals surface area contributed by atoms with Gasteiger partial charge in [0, 0.05) is 18.5 Å². The summed E-state index contributed by atoms with van der Waals surface area (Å²) in [6, 6.07) is 27.9. The molecule has 0 bridgehead atoms. The number of aromatic hydroxyl groups is 1. The van der Waals surface area contributed by atoms with Crippen LogP contribution in [0, 0.1) is 5.41 Å². The van der Waals surface area contributed by atoms with E-state index in [2.05, 4.69) is 72.5 Å². The lowest BCUT2D eigenvalue weighted by Crippen LogP contribution is -2.60. The fourth-order valence-corrected chi connectivity index (χ4v) is 6.07. The van der Waals surface area contributed by atoms with Gasteiger partial charge in [-0.1, -0.05) is 73.7 Å². The number of rotatable bonds is 4. The minimum absolute atomic E-state index is 0.0728. The topological polar surface area (TPSA) is 23.5 Å². The van der Waals surface area contributed by atoms with Crippen LogP contribution in [-0.4, -0.2) is 29.6 Å². The Labute approximate surface area is 180 Å². The molecule has 1 saturated heterocycles. The highest BCUT2D eigenvalue weighted by Crippen LogP contribution is 2.55. The lowest BCUT2D eigenvalue weighted by molar-refractivity contribution is 0.00438. The first-order valence-electron chi connectivity index (χ1n) is 11.2. The zero-order valence-electron chi connectivity index (χ0n) is 17.8. The van der Waals surface area contributed by atoms with Crippen LogP contribution < -0.4 is 0 Å². The van der Waals surface area contributed by atoms with Crippen molar-refractivity contribution in [2.45, 2.75) is 38.0 Å². The van der Waals surface area contributed by atoms with Crippen LogP contribution in [0.25, 0.3) is 0 Å². The monoisotopic (exact) mass is 397 g/mol. The molecule has 1 heterocycles. The number of phenols is 1. The molecule has 3 aromatic carbocycles. The van der Waals surface area contributed by atoms with Crippen molar-refractivity contribution in [3.05, 3.63) is 101 Å². The van der Waals surface area contributed by atoms with Crippen molar-refractivity contribution in [1.29, 1.82) is 0 Å². The van der Waals surface area contributed by atoms with Gasteiger partial charge in [-0.25, -0.2) is 0 Å². The van der Waals surface area contributed by atoms with E-state index in [1.165, 1.54) is 22.3 Å². The molecule has 0 amide bonds. The normalized spacial score (nSPS) is 26.0. The molecule has 154 valence electrons. The SMILES string of the molecule is C[C@]12Cc3ccccc3C[C@@]1(c1cccc(O)c1)CCN(CCc1ccccc1)C2. The molecule has 0 unspecified atom stereocenters. The zero-order valence-corrected chi connectivity index (χ0v) is 17.8. The summed E-state index contributed by atoms with van der Waals surface area (Å²) in [6.07, 6.45) is 4.40. The minimum Gasteiger partial charge on any atom is -0.508 e. The molecule has 1 N–H and O–H groups in total. The first-order chi connectivity index (χ1) is 14.6. The Bertz CT molecular complexity index is 1030. The molecule has 1 aliphatic heterocycles. The molecule has 1 fully saturated rings. The second-order valence-corrected chi connectivity index (χ2v) is 9.58. The maximum atomic E-state index is 10.3. The first kappa shape index (κ1) is 19.4. The third-order valence-electron chi connectivity index (χ3n) is 7.73. The van der Waals surface area contributed by atoms with Gasteiger partial charge in [0.05, 0.1) is 0 Å². The van der Waals surface area contributed by atoms with Crippen molar-refractivity contribution in [2.24, 2.45) is 5.41 Å². The number of hydrogen-bond donors (Lipinski definition) is 1. The van der Waals surface area contributed by atoms with Crippen molar-refractivity contribution >= 4 is 0 Å². The largest absolute Gasteiger partial charge is 0.508 e. The van der Waals surface area contributed by atoms with E-state index in [4.69, 9.17) is 0 Å². The Morgan fingerprint density at radius 2 is 1.60 bits per heavy atom. The highest BCUT2D eigenvalue weighted by molar-refractivity contribution is 5.44. The van der Waals surface area contributed by atoms with E-state index >= 15 is 0 Å². The van der Waals surface area contributed by atoms with E-state index in [0.29, 0.717) is 5.75 Å². The first-order valence-corrected chi connectivity index (χ1v) is 11.2. The molecule has 2 atom stereocenters. The van der Waals surface area contributed by atoms with E-state index in [0.717, 1.165) is 45.3 Å². The van der Waals surface area contributed by atoms with Crippen molar-refractivity contribution in [3.8, 4) is 5.75 Å². The van der Waals surface area contributed by atoms with Crippen LogP contribution in [0.15, 0.2) is 78.9 Å². The molecular weight excluding hydrogens is 366 g/mol. The third-order valence-corrected chi connectivity index (χ3v) is 7.73. The number of benzene rings is 3. The lowest BCUT2D eigenvalue weighted by Gasteiger charge is -2.58. The van der Waals surface area contributed by atoms with Gasteiger partial charge in [0.15, 0.2) is 0 Å². The Morgan fingerprint density at radius 1 is 0.867 bits per heavy atom. The number of hydrogen-bond acceptors (Lipinski definition) is 2. The minimum atomic E-state index is 0.0728. The second-order valence-electron chi connectivity index (χ2n) is 9.58. The highest BCUT2D eigenvalue weighted by Gasteiger charge is 2.54. The molecule has 30 heavy (non-hydrogen) atoms. The lowest BCUT2D eigenvalue weighted by atomic mass is 9.50. The standard InChI is InChI=1S/C28H31NO/c1-27-19-23-10-5-6-11-24(23)20-28(27,25-12-7-13-26(30)18-25)15-17-29(21-27)16-14-22-8-3-2-4-9-22/h2-13,18,30H,14-17,19-21H2,1H3/t27-,28-/m1/s1.